The van der Waals surface area contributed by atoms with Gasteiger partial charge in [-0.1, -0.05) is 24.6 Å². The molecular weight excluding hydrogens is 243 g/mol. The van der Waals surface area contributed by atoms with Crippen molar-refractivity contribution in [1.82, 2.24) is 5.32 Å². The van der Waals surface area contributed by atoms with Crippen molar-refractivity contribution >= 4 is 23.2 Å². The summed E-state index contributed by atoms with van der Waals surface area (Å²) in [4.78, 5) is 11.9. The third-order valence-corrected chi connectivity index (χ3v) is 3.36. The topological polar surface area (TPSA) is 41.1 Å². The van der Waals surface area contributed by atoms with Gasteiger partial charge >= 0.3 is 0 Å². The molecule has 17 heavy (non-hydrogen) atoms. The molecule has 3 nitrogen and oxygen atoms in total. The molecule has 1 saturated heterocycles. The van der Waals surface area contributed by atoms with Gasteiger partial charge < -0.3 is 10.6 Å². The third-order valence-electron chi connectivity index (χ3n) is 3.06. The molecule has 0 aromatic heterocycles. The Morgan fingerprint density at radius 3 is 2.94 bits per heavy atom. The van der Waals surface area contributed by atoms with Crippen LogP contribution in [0, 0.1) is 17.7 Å². The Labute approximate surface area is 104 Å². The molecule has 2 rings (SSSR count). The molecule has 1 amide bonds. The second-order valence-corrected chi connectivity index (χ2v) is 4.74. The molecule has 0 aliphatic carbocycles. The van der Waals surface area contributed by atoms with Gasteiger partial charge in [0.1, 0.15) is 0 Å². The molecule has 1 aromatic carbocycles. The second-order valence-electron chi connectivity index (χ2n) is 4.33. The lowest BCUT2D eigenvalue weighted by Crippen LogP contribution is -2.28. The number of carbonyl (C=O) groups is 1. The van der Waals surface area contributed by atoms with Crippen molar-refractivity contribution in [1.29, 1.82) is 0 Å². The lowest BCUT2D eigenvalue weighted by atomic mass is 9.97. The van der Waals surface area contributed by atoms with Crippen LogP contribution in [0.25, 0.3) is 0 Å². The highest BCUT2D eigenvalue weighted by atomic mass is 35.5. The van der Waals surface area contributed by atoms with Crippen LogP contribution in [0.3, 0.4) is 0 Å². The lowest BCUT2D eigenvalue weighted by molar-refractivity contribution is -0.120. The fourth-order valence-corrected chi connectivity index (χ4v) is 2.16. The number of rotatable bonds is 2. The Hall–Kier alpha value is -1.13. The molecule has 1 heterocycles. The maximum atomic E-state index is 13.6. The highest BCUT2D eigenvalue weighted by Gasteiger charge is 2.29. The summed E-state index contributed by atoms with van der Waals surface area (Å²) in [6.45, 7) is 3.45. The van der Waals surface area contributed by atoms with E-state index in [2.05, 4.69) is 10.6 Å². The lowest BCUT2D eigenvalue weighted by Gasteiger charge is -2.14. The van der Waals surface area contributed by atoms with Gasteiger partial charge in [-0.25, -0.2) is 4.39 Å². The van der Waals surface area contributed by atoms with Crippen LogP contribution in [-0.2, 0) is 4.79 Å². The van der Waals surface area contributed by atoms with Gasteiger partial charge in [0, 0.05) is 6.54 Å². The molecule has 1 aliphatic rings. The zero-order valence-corrected chi connectivity index (χ0v) is 10.2. The molecule has 2 unspecified atom stereocenters. The summed E-state index contributed by atoms with van der Waals surface area (Å²) in [5.74, 6) is -0.601. The highest BCUT2D eigenvalue weighted by molar-refractivity contribution is 6.31. The molecule has 2 atom stereocenters. The quantitative estimate of drug-likeness (QED) is 0.852. The Bertz CT molecular complexity index is 439. The zero-order chi connectivity index (χ0) is 12.4. The number of carbonyl (C=O) groups excluding carboxylic acids is 1. The minimum atomic E-state index is -0.582. The number of halogens is 2. The number of amides is 1. The van der Waals surface area contributed by atoms with Gasteiger partial charge in [0.25, 0.3) is 0 Å². The van der Waals surface area contributed by atoms with Gasteiger partial charge in [0.05, 0.1) is 16.6 Å². The fraction of sp³-hybridized carbons (Fsp3) is 0.417. The van der Waals surface area contributed by atoms with Crippen molar-refractivity contribution in [2.24, 2.45) is 11.8 Å². The first-order valence-corrected chi connectivity index (χ1v) is 5.93. The zero-order valence-electron chi connectivity index (χ0n) is 9.47. The Kier molecular flexibility index (Phi) is 3.64. The minimum Gasteiger partial charge on any atom is -0.323 e. The van der Waals surface area contributed by atoms with Crippen LogP contribution < -0.4 is 10.6 Å². The molecule has 1 fully saturated rings. The largest absolute Gasteiger partial charge is 0.323 e. The van der Waals surface area contributed by atoms with Gasteiger partial charge in [-0.3, -0.25) is 4.79 Å². The standard InChI is InChI=1S/C12H14ClFN2O/c1-7-5-15-6-8(7)12(17)16-10-4-2-3-9(13)11(10)14/h2-4,7-8,15H,5-6H2,1H3,(H,16,17). The minimum absolute atomic E-state index is 0.0143. The van der Waals surface area contributed by atoms with Crippen molar-refractivity contribution in [3.05, 3.63) is 29.0 Å². The van der Waals surface area contributed by atoms with E-state index >= 15 is 0 Å². The van der Waals surface area contributed by atoms with E-state index in [9.17, 15) is 9.18 Å². The van der Waals surface area contributed by atoms with Crippen LogP contribution >= 0.6 is 11.6 Å². The summed E-state index contributed by atoms with van der Waals surface area (Å²) in [5.41, 5.74) is 0.140. The van der Waals surface area contributed by atoms with Crippen molar-refractivity contribution in [3.8, 4) is 0 Å². The van der Waals surface area contributed by atoms with E-state index in [-0.39, 0.29) is 28.5 Å². The molecule has 1 aromatic rings. The molecule has 0 radical (unpaired) electrons. The van der Waals surface area contributed by atoms with Crippen LogP contribution in [0.15, 0.2) is 18.2 Å². The second kappa shape index (κ2) is 5.02. The maximum Gasteiger partial charge on any atom is 0.229 e. The number of anilines is 1. The first-order chi connectivity index (χ1) is 8.09. The summed E-state index contributed by atoms with van der Waals surface area (Å²) in [6.07, 6.45) is 0. The van der Waals surface area contributed by atoms with Crippen LogP contribution in [0.1, 0.15) is 6.92 Å². The molecule has 0 saturated carbocycles. The van der Waals surface area contributed by atoms with E-state index in [1.54, 1.807) is 6.07 Å². The molecule has 5 heteroatoms. The SMILES string of the molecule is CC1CNCC1C(=O)Nc1cccc(Cl)c1F. The average molecular weight is 257 g/mol. The number of benzene rings is 1. The van der Waals surface area contributed by atoms with Gasteiger partial charge in [0.15, 0.2) is 5.82 Å². The predicted molar refractivity (Wildman–Crippen MR) is 65.6 cm³/mol. The molecular formula is C12H14ClFN2O. The highest BCUT2D eigenvalue weighted by Crippen LogP contribution is 2.24. The van der Waals surface area contributed by atoms with Crippen LogP contribution in [0.2, 0.25) is 5.02 Å². The summed E-state index contributed by atoms with van der Waals surface area (Å²) < 4.78 is 13.6. The van der Waals surface area contributed by atoms with Gasteiger partial charge in [-0.2, -0.15) is 0 Å². The van der Waals surface area contributed by atoms with E-state index in [0.717, 1.165) is 6.54 Å². The average Bonchev–Trinajstić information content (AvgIpc) is 2.71. The number of nitrogens with one attached hydrogen (secondary N) is 2. The van der Waals surface area contributed by atoms with Crippen LogP contribution in [0.5, 0.6) is 0 Å². The van der Waals surface area contributed by atoms with Gasteiger partial charge in [-0.05, 0) is 24.6 Å². The normalized spacial score (nSPS) is 23.7. The van der Waals surface area contributed by atoms with Gasteiger partial charge in [-0.15, -0.1) is 0 Å². The Morgan fingerprint density at radius 2 is 2.29 bits per heavy atom. The maximum absolute atomic E-state index is 13.6. The summed E-state index contributed by atoms with van der Waals surface area (Å²) in [7, 11) is 0. The van der Waals surface area contributed by atoms with Crippen LogP contribution in [0.4, 0.5) is 10.1 Å². The fourth-order valence-electron chi connectivity index (χ4n) is 1.99. The molecule has 2 N–H and O–H groups in total. The van der Waals surface area contributed by atoms with E-state index in [0.29, 0.717) is 6.54 Å². The molecule has 1 aliphatic heterocycles. The van der Waals surface area contributed by atoms with E-state index in [1.165, 1.54) is 12.1 Å². The van der Waals surface area contributed by atoms with Crippen molar-refractivity contribution < 1.29 is 9.18 Å². The summed E-state index contributed by atoms with van der Waals surface area (Å²) in [6, 6.07) is 4.57. The molecule has 0 bridgehead atoms. The van der Waals surface area contributed by atoms with E-state index in [4.69, 9.17) is 11.6 Å². The molecule has 0 spiro atoms. The Balaban J connectivity index is 2.10. The predicted octanol–water partition coefficient (Wildman–Crippen LogP) is 2.27. The Morgan fingerprint density at radius 1 is 1.53 bits per heavy atom. The first-order valence-electron chi connectivity index (χ1n) is 5.55. The third kappa shape index (κ3) is 2.58. The smallest absolute Gasteiger partial charge is 0.229 e. The number of hydrogen-bond acceptors (Lipinski definition) is 2. The molecule has 92 valence electrons. The summed E-state index contributed by atoms with van der Waals surface area (Å²) >= 11 is 5.65. The number of hydrogen-bond donors (Lipinski definition) is 2. The van der Waals surface area contributed by atoms with Crippen molar-refractivity contribution in [3.63, 3.8) is 0 Å². The van der Waals surface area contributed by atoms with Crippen molar-refractivity contribution in [2.45, 2.75) is 6.92 Å². The van der Waals surface area contributed by atoms with Crippen molar-refractivity contribution in [2.75, 3.05) is 18.4 Å². The first kappa shape index (κ1) is 12.3. The van der Waals surface area contributed by atoms with E-state index < -0.39 is 5.82 Å². The monoisotopic (exact) mass is 256 g/mol. The van der Waals surface area contributed by atoms with Gasteiger partial charge in [0.2, 0.25) is 5.91 Å². The summed E-state index contributed by atoms with van der Waals surface area (Å²) in [5, 5.41) is 5.73. The van der Waals surface area contributed by atoms with E-state index in [1.807, 2.05) is 6.92 Å². The van der Waals surface area contributed by atoms with Crippen LogP contribution in [-0.4, -0.2) is 19.0 Å².